The Kier molecular flexibility index (Phi) is 5.59. The molecule has 1 aromatic carbocycles. The van der Waals surface area contributed by atoms with Crippen LogP contribution < -0.4 is 0 Å². The van der Waals surface area contributed by atoms with Crippen LogP contribution in [0.4, 0.5) is 0 Å². The van der Waals surface area contributed by atoms with Crippen LogP contribution in [0.1, 0.15) is 29.4 Å². The van der Waals surface area contributed by atoms with Crippen LogP contribution in [0.15, 0.2) is 28.7 Å². The van der Waals surface area contributed by atoms with Gasteiger partial charge in [0.25, 0.3) is 0 Å². The number of rotatable bonds is 6. The number of aryl methyl sites for hydroxylation is 3. The lowest BCUT2D eigenvalue weighted by Crippen LogP contribution is -2.16. The van der Waals surface area contributed by atoms with E-state index in [-0.39, 0.29) is 12.5 Å². The molecule has 0 aliphatic heterocycles. The zero-order valence-corrected chi connectivity index (χ0v) is 14.5. The third-order valence-electron chi connectivity index (χ3n) is 3.96. The number of hydrogen-bond donors (Lipinski definition) is 1. The normalized spacial score (nSPS) is 12.6. The quantitative estimate of drug-likeness (QED) is 0.862. The fourth-order valence-electron chi connectivity index (χ4n) is 2.69. The SMILES string of the molecule is CCn1nc(C)c(Br)c1CC(CO)Cc1ccccc1C. The number of aliphatic hydroxyl groups is 1. The van der Waals surface area contributed by atoms with Crippen molar-refractivity contribution < 1.29 is 5.11 Å². The summed E-state index contributed by atoms with van der Waals surface area (Å²) in [4.78, 5) is 0. The van der Waals surface area contributed by atoms with E-state index in [4.69, 9.17) is 0 Å². The standard InChI is InChI=1S/C17H23BrN2O/c1-4-20-16(17(18)13(3)19-20)10-14(11-21)9-15-8-6-5-7-12(15)2/h5-8,14,21H,4,9-11H2,1-3H3. The number of hydrogen-bond acceptors (Lipinski definition) is 2. The molecule has 0 aliphatic carbocycles. The first-order chi connectivity index (χ1) is 10.1. The van der Waals surface area contributed by atoms with Gasteiger partial charge in [-0.1, -0.05) is 24.3 Å². The van der Waals surface area contributed by atoms with Crippen LogP contribution >= 0.6 is 15.9 Å². The van der Waals surface area contributed by atoms with Crippen LogP contribution in [-0.4, -0.2) is 21.5 Å². The molecule has 1 unspecified atom stereocenters. The average molecular weight is 351 g/mol. The molecule has 0 aliphatic rings. The van der Waals surface area contributed by atoms with E-state index < -0.39 is 0 Å². The van der Waals surface area contributed by atoms with E-state index in [2.05, 4.69) is 59.1 Å². The first-order valence-corrected chi connectivity index (χ1v) is 8.23. The van der Waals surface area contributed by atoms with E-state index in [9.17, 15) is 5.11 Å². The average Bonchev–Trinajstić information content (AvgIpc) is 2.76. The summed E-state index contributed by atoms with van der Waals surface area (Å²) < 4.78 is 3.10. The Morgan fingerprint density at radius 3 is 2.57 bits per heavy atom. The number of benzene rings is 1. The summed E-state index contributed by atoms with van der Waals surface area (Å²) in [5.41, 5.74) is 4.80. The van der Waals surface area contributed by atoms with E-state index in [1.165, 1.54) is 16.8 Å². The molecular weight excluding hydrogens is 328 g/mol. The van der Waals surface area contributed by atoms with Crippen molar-refractivity contribution in [1.29, 1.82) is 0 Å². The maximum Gasteiger partial charge on any atom is 0.0738 e. The third kappa shape index (κ3) is 3.74. The highest BCUT2D eigenvalue weighted by Crippen LogP contribution is 2.25. The van der Waals surface area contributed by atoms with Crippen molar-refractivity contribution in [3.8, 4) is 0 Å². The molecule has 1 heterocycles. The second kappa shape index (κ2) is 7.23. The number of nitrogens with zero attached hydrogens (tertiary/aromatic N) is 2. The molecule has 1 aromatic heterocycles. The molecule has 4 heteroatoms. The summed E-state index contributed by atoms with van der Waals surface area (Å²) >= 11 is 3.63. The molecule has 3 nitrogen and oxygen atoms in total. The minimum Gasteiger partial charge on any atom is -0.396 e. The molecule has 1 N–H and O–H groups in total. The first-order valence-electron chi connectivity index (χ1n) is 7.43. The molecule has 0 saturated carbocycles. The Hall–Kier alpha value is -1.13. The summed E-state index contributed by atoms with van der Waals surface area (Å²) in [5, 5.41) is 14.3. The summed E-state index contributed by atoms with van der Waals surface area (Å²) in [7, 11) is 0. The summed E-state index contributed by atoms with van der Waals surface area (Å²) in [6.45, 7) is 7.27. The number of aliphatic hydroxyl groups excluding tert-OH is 1. The van der Waals surface area contributed by atoms with E-state index in [1.807, 2.05) is 11.6 Å². The highest BCUT2D eigenvalue weighted by molar-refractivity contribution is 9.10. The number of halogens is 1. The summed E-state index contributed by atoms with van der Waals surface area (Å²) in [5.74, 6) is 0.212. The predicted molar refractivity (Wildman–Crippen MR) is 89.5 cm³/mol. The first kappa shape index (κ1) is 16.2. The second-order valence-corrected chi connectivity index (χ2v) is 6.34. The lowest BCUT2D eigenvalue weighted by Gasteiger charge is -2.17. The lowest BCUT2D eigenvalue weighted by atomic mass is 9.93. The van der Waals surface area contributed by atoms with Crippen molar-refractivity contribution in [2.24, 2.45) is 5.92 Å². The molecule has 21 heavy (non-hydrogen) atoms. The molecule has 0 fully saturated rings. The van der Waals surface area contributed by atoms with Gasteiger partial charge in [0.2, 0.25) is 0 Å². The van der Waals surface area contributed by atoms with Gasteiger partial charge in [0.05, 0.1) is 15.9 Å². The Morgan fingerprint density at radius 1 is 1.24 bits per heavy atom. The van der Waals surface area contributed by atoms with E-state index in [1.54, 1.807) is 0 Å². The Balaban J connectivity index is 2.18. The summed E-state index contributed by atoms with van der Waals surface area (Å²) in [6.07, 6.45) is 1.73. The van der Waals surface area contributed by atoms with Gasteiger partial charge in [-0.25, -0.2) is 0 Å². The summed E-state index contributed by atoms with van der Waals surface area (Å²) in [6, 6.07) is 8.39. The molecule has 2 rings (SSSR count). The third-order valence-corrected chi connectivity index (χ3v) is 4.99. The fraction of sp³-hybridized carbons (Fsp3) is 0.471. The fourth-order valence-corrected chi connectivity index (χ4v) is 3.13. The van der Waals surface area contributed by atoms with Gasteiger partial charge in [0, 0.05) is 13.2 Å². The van der Waals surface area contributed by atoms with Crippen LogP contribution in [-0.2, 0) is 19.4 Å². The van der Waals surface area contributed by atoms with Crippen molar-refractivity contribution in [1.82, 2.24) is 9.78 Å². The Bertz CT molecular complexity index is 607. The van der Waals surface area contributed by atoms with Crippen LogP contribution in [0.3, 0.4) is 0 Å². The van der Waals surface area contributed by atoms with Gasteiger partial charge >= 0.3 is 0 Å². The lowest BCUT2D eigenvalue weighted by molar-refractivity contribution is 0.222. The van der Waals surface area contributed by atoms with Gasteiger partial charge < -0.3 is 5.11 Å². The minimum absolute atomic E-state index is 0.189. The monoisotopic (exact) mass is 350 g/mol. The topological polar surface area (TPSA) is 38.0 Å². The van der Waals surface area contributed by atoms with Crippen molar-refractivity contribution in [3.63, 3.8) is 0 Å². The van der Waals surface area contributed by atoms with E-state index in [0.29, 0.717) is 0 Å². The smallest absolute Gasteiger partial charge is 0.0738 e. The number of aromatic nitrogens is 2. The van der Waals surface area contributed by atoms with Gasteiger partial charge in [-0.3, -0.25) is 4.68 Å². The van der Waals surface area contributed by atoms with Gasteiger partial charge in [-0.15, -0.1) is 0 Å². The molecule has 0 radical (unpaired) electrons. The molecule has 114 valence electrons. The Morgan fingerprint density at radius 2 is 1.95 bits per heavy atom. The molecule has 0 saturated heterocycles. The predicted octanol–water partition coefficient (Wildman–Crippen LogP) is 3.68. The van der Waals surface area contributed by atoms with Crippen molar-refractivity contribution in [2.75, 3.05) is 6.61 Å². The van der Waals surface area contributed by atoms with Gasteiger partial charge in [-0.2, -0.15) is 5.10 Å². The maximum atomic E-state index is 9.76. The molecule has 0 amide bonds. The zero-order valence-electron chi connectivity index (χ0n) is 12.9. The molecule has 2 aromatic rings. The van der Waals surface area contributed by atoms with Gasteiger partial charge in [0.1, 0.15) is 0 Å². The van der Waals surface area contributed by atoms with Gasteiger partial charge in [-0.05, 0) is 66.6 Å². The van der Waals surface area contributed by atoms with Gasteiger partial charge in [0.15, 0.2) is 0 Å². The van der Waals surface area contributed by atoms with Crippen molar-refractivity contribution >= 4 is 15.9 Å². The van der Waals surface area contributed by atoms with E-state index >= 15 is 0 Å². The van der Waals surface area contributed by atoms with Crippen molar-refractivity contribution in [2.45, 2.75) is 40.2 Å². The van der Waals surface area contributed by atoms with Crippen LogP contribution in [0.25, 0.3) is 0 Å². The van der Waals surface area contributed by atoms with Crippen LogP contribution in [0.2, 0.25) is 0 Å². The molecule has 0 bridgehead atoms. The molecular formula is C17H23BrN2O. The maximum absolute atomic E-state index is 9.76. The van der Waals surface area contributed by atoms with Crippen LogP contribution in [0.5, 0.6) is 0 Å². The highest BCUT2D eigenvalue weighted by Gasteiger charge is 2.18. The molecule has 0 spiro atoms. The molecule has 1 atom stereocenters. The Labute approximate surface area is 135 Å². The highest BCUT2D eigenvalue weighted by atomic mass is 79.9. The van der Waals surface area contributed by atoms with E-state index in [0.717, 1.165) is 29.6 Å². The van der Waals surface area contributed by atoms with Crippen molar-refractivity contribution in [3.05, 3.63) is 51.3 Å². The minimum atomic E-state index is 0.189. The largest absolute Gasteiger partial charge is 0.396 e. The zero-order chi connectivity index (χ0) is 15.4. The second-order valence-electron chi connectivity index (χ2n) is 5.55. The van der Waals surface area contributed by atoms with Crippen LogP contribution in [0, 0.1) is 19.8 Å².